The van der Waals surface area contributed by atoms with Crippen molar-refractivity contribution in [2.45, 2.75) is 0 Å². The summed E-state index contributed by atoms with van der Waals surface area (Å²) in [6.07, 6.45) is 14.8. The number of ether oxygens (including phenoxy) is 5. The van der Waals surface area contributed by atoms with E-state index in [9.17, 15) is 14.7 Å². The summed E-state index contributed by atoms with van der Waals surface area (Å²) >= 11 is 0. The fourth-order valence-corrected chi connectivity index (χ4v) is 6.46. The lowest BCUT2D eigenvalue weighted by atomic mass is 10.1. The van der Waals surface area contributed by atoms with E-state index in [1.807, 2.05) is 81.1 Å². The van der Waals surface area contributed by atoms with Gasteiger partial charge in [0.15, 0.2) is 0 Å². The third kappa shape index (κ3) is 7.18. The fourth-order valence-electron chi connectivity index (χ4n) is 6.46. The monoisotopic (exact) mass is 770 g/mol. The van der Waals surface area contributed by atoms with Crippen molar-refractivity contribution in [1.82, 2.24) is 37.9 Å². The molecule has 57 heavy (non-hydrogen) atoms. The molecule has 0 aliphatic heterocycles. The van der Waals surface area contributed by atoms with Gasteiger partial charge in [-0.15, -0.1) is 0 Å². The number of aryl methyl sites for hydroxylation is 2. The van der Waals surface area contributed by atoms with Gasteiger partial charge in [0.05, 0.1) is 83.4 Å². The highest BCUT2D eigenvalue weighted by Crippen LogP contribution is 2.37. The van der Waals surface area contributed by atoms with E-state index in [1.54, 1.807) is 49.3 Å². The second-order valence-corrected chi connectivity index (χ2v) is 12.7. The number of pyridine rings is 2. The fraction of sp³-hybridized carbons (Fsp3) is 0.171. The Morgan fingerprint density at radius 1 is 0.561 bits per heavy atom. The molecule has 0 atom stereocenters. The summed E-state index contributed by atoms with van der Waals surface area (Å²) in [4.78, 5) is 41.5. The van der Waals surface area contributed by atoms with Gasteiger partial charge >= 0.3 is 11.9 Å². The van der Waals surface area contributed by atoms with Gasteiger partial charge < -0.3 is 37.9 Å². The molecule has 0 spiro atoms. The topological polar surface area (TPSA) is 171 Å². The number of carboxylic acids is 1. The Balaban J connectivity index is 0.000000174. The van der Waals surface area contributed by atoms with Gasteiger partial charge in [0.1, 0.15) is 45.4 Å². The first-order valence-corrected chi connectivity index (χ1v) is 17.3. The van der Waals surface area contributed by atoms with Crippen molar-refractivity contribution in [3.8, 4) is 68.0 Å². The van der Waals surface area contributed by atoms with Crippen molar-refractivity contribution in [3.63, 3.8) is 0 Å². The van der Waals surface area contributed by atoms with Crippen LogP contribution in [-0.2, 0) is 18.8 Å². The van der Waals surface area contributed by atoms with Crippen LogP contribution in [0.2, 0.25) is 0 Å². The molecule has 0 unspecified atom stereocenters. The minimum Gasteiger partial charge on any atom is -0.496 e. The second kappa shape index (κ2) is 15.6. The number of aromatic nitrogens is 8. The Morgan fingerprint density at radius 3 is 1.30 bits per heavy atom. The maximum atomic E-state index is 12.1. The van der Waals surface area contributed by atoms with Gasteiger partial charge in [-0.25, -0.2) is 29.5 Å². The summed E-state index contributed by atoms with van der Waals surface area (Å²) in [5, 5.41) is 9.46. The summed E-state index contributed by atoms with van der Waals surface area (Å²) < 4.78 is 33.9. The molecule has 0 aliphatic carbocycles. The zero-order valence-corrected chi connectivity index (χ0v) is 32.1. The molecule has 0 amide bonds. The Labute approximate surface area is 326 Å². The Bertz CT molecular complexity index is 2730. The molecular formula is C41H38N8O8. The first-order valence-electron chi connectivity index (χ1n) is 17.3. The third-order valence-electron chi connectivity index (χ3n) is 9.23. The normalized spacial score (nSPS) is 10.9. The van der Waals surface area contributed by atoms with Crippen LogP contribution in [0.1, 0.15) is 20.7 Å². The van der Waals surface area contributed by atoms with Crippen molar-refractivity contribution < 1.29 is 38.4 Å². The molecular weight excluding hydrogens is 732 g/mol. The van der Waals surface area contributed by atoms with Crippen molar-refractivity contribution in [1.29, 1.82) is 0 Å². The first kappa shape index (κ1) is 37.7. The van der Waals surface area contributed by atoms with Gasteiger partial charge in [-0.05, 0) is 48.5 Å². The number of hydrogen-bond donors (Lipinski definition) is 1. The van der Waals surface area contributed by atoms with E-state index in [-0.39, 0.29) is 22.6 Å². The Hall–Kier alpha value is -7.62. The van der Waals surface area contributed by atoms with E-state index in [1.165, 1.54) is 35.5 Å². The summed E-state index contributed by atoms with van der Waals surface area (Å²) in [7, 11) is 11.0. The molecule has 6 heterocycles. The highest BCUT2D eigenvalue weighted by Gasteiger charge is 2.23. The molecule has 8 aromatic rings. The van der Waals surface area contributed by atoms with Gasteiger partial charge in [0, 0.05) is 61.1 Å². The van der Waals surface area contributed by atoms with Crippen molar-refractivity contribution >= 4 is 23.2 Å². The number of carboxylic acid groups (broad SMARTS) is 1. The van der Waals surface area contributed by atoms with E-state index in [0.717, 1.165) is 56.3 Å². The number of carbonyl (C=O) groups is 2. The van der Waals surface area contributed by atoms with Gasteiger partial charge in [-0.3, -0.25) is 8.80 Å². The molecule has 0 saturated heterocycles. The first-order chi connectivity index (χ1) is 27.6. The van der Waals surface area contributed by atoms with Crippen molar-refractivity contribution in [3.05, 3.63) is 109 Å². The summed E-state index contributed by atoms with van der Waals surface area (Å²) in [6, 6.07) is 14.7. The smallest absolute Gasteiger partial charge is 0.345 e. The molecule has 0 saturated carbocycles. The quantitative estimate of drug-likeness (QED) is 0.154. The lowest BCUT2D eigenvalue weighted by molar-refractivity contribution is 0.0592. The number of esters is 1. The largest absolute Gasteiger partial charge is 0.496 e. The van der Waals surface area contributed by atoms with E-state index < -0.39 is 11.9 Å². The number of nitrogens with zero attached hydrogens (tertiary/aromatic N) is 8. The van der Waals surface area contributed by atoms with Crippen LogP contribution < -0.4 is 18.9 Å². The average molecular weight is 771 g/mol. The molecule has 2 aromatic carbocycles. The van der Waals surface area contributed by atoms with Crippen molar-refractivity contribution in [2.24, 2.45) is 14.1 Å². The van der Waals surface area contributed by atoms with Crippen LogP contribution in [0, 0.1) is 0 Å². The molecule has 0 fully saturated rings. The minimum absolute atomic E-state index is 0.0139. The number of rotatable bonds is 10. The molecule has 6 aromatic heterocycles. The maximum Gasteiger partial charge on any atom is 0.345 e. The highest BCUT2D eigenvalue weighted by atomic mass is 16.5. The molecule has 16 heteroatoms. The number of benzene rings is 2. The Kier molecular flexibility index (Phi) is 10.3. The number of hydrogen-bond acceptors (Lipinski definition) is 11. The predicted molar refractivity (Wildman–Crippen MR) is 210 cm³/mol. The van der Waals surface area contributed by atoms with Crippen LogP contribution >= 0.6 is 0 Å². The van der Waals surface area contributed by atoms with E-state index in [0.29, 0.717) is 11.5 Å². The summed E-state index contributed by atoms with van der Waals surface area (Å²) in [5.41, 5.74) is 8.59. The molecule has 8 rings (SSSR count). The van der Waals surface area contributed by atoms with Gasteiger partial charge in [-0.1, -0.05) is 0 Å². The average Bonchev–Trinajstić information content (AvgIpc) is 4.06. The lowest BCUT2D eigenvalue weighted by Crippen LogP contribution is -2.07. The zero-order valence-electron chi connectivity index (χ0n) is 32.1. The summed E-state index contributed by atoms with van der Waals surface area (Å²) in [6.45, 7) is 0. The third-order valence-corrected chi connectivity index (χ3v) is 9.23. The molecule has 0 bridgehead atoms. The predicted octanol–water partition coefficient (Wildman–Crippen LogP) is 6.32. The minimum atomic E-state index is -1.11. The SMILES string of the molecule is COC(=O)c1c(OC)cc(-c2cnc3cc(-c4cn(C)cn4)ccn23)cc1OC.COc1cc(-c2cnc3cc(-c4cn(C)cn4)ccn23)cc(OC)c1C(=O)O. The number of carbonyl (C=O) groups excluding carboxylic acids is 1. The van der Waals surface area contributed by atoms with E-state index in [2.05, 4.69) is 19.9 Å². The van der Waals surface area contributed by atoms with Crippen LogP contribution in [0.15, 0.2) is 98.4 Å². The Morgan fingerprint density at radius 2 is 0.965 bits per heavy atom. The zero-order chi connectivity index (χ0) is 40.4. The van der Waals surface area contributed by atoms with Gasteiger partial charge in [0.25, 0.3) is 0 Å². The number of aromatic carboxylic acids is 1. The molecule has 0 radical (unpaired) electrons. The van der Waals surface area contributed by atoms with Crippen LogP contribution in [0.5, 0.6) is 23.0 Å². The molecule has 16 nitrogen and oxygen atoms in total. The number of methoxy groups -OCH3 is 5. The van der Waals surface area contributed by atoms with Crippen LogP contribution in [0.4, 0.5) is 0 Å². The second-order valence-electron chi connectivity index (χ2n) is 12.7. The number of imidazole rings is 4. The summed E-state index contributed by atoms with van der Waals surface area (Å²) in [5.74, 6) is -0.455. The van der Waals surface area contributed by atoms with Crippen LogP contribution in [0.25, 0.3) is 56.3 Å². The molecule has 0 aliphatic rings. The van der Waals surface area contributed by atoms with E-state index in [4.69, 9.17) is 23.7 Å². The highest BCUT2D eigenvalue weighted by molar-refractivity contribution is 5.97. The maximum absolute atomic E-state index is 12.1. The van der Waals surface area contributed by atoms with Gasteiger partial charge in [-0.2, -0.15) is 0 Å². The molecule has 1 N–H and O–H groups in total. The number of fused-ring (bicyclic) bond motifs is 2. The molecule has 290 valence electrons. The van der Waals surface area contributed by atoms with Crippen LogP contribution in [-0.4, -0.2) is 90.5 Å². The van der Waals surface area contributed by atoms with Crippen molar-refractivity contribution in [2.75, 3.05) is 35.5 Å². The van der Waals surface area contributed by atoms with E-state index >= 15 is 0 Å². The van der Waals surface area contributed by atoms with Crippen LogP contribution in [0.3, 0.4) is 0 Å². The standard InChI is InChI=1S/C21H20N4O4.C20H18N4O4/c1-24-11-15(23-12-24)13-5-6-25-16(10-22-19(25)9-13)14-7-17(27-2)20(21(26)29-4)18(8-14)28-3;1-23-10-14(22-11-23)12-4-5-24-15(9-21-18(24)8-12)13-6-16(27-2)19(20(25)26)17(7-13)28-3/h5-12H,1-4H3;4-11H,1-3H3,(H,25,26). The lowest BCUT2D eigenvalue weighted by Gasteiger charge is -2.14. The van der Waals surface area contributed by atoms with Gasteiger partial charge in [0.2, 0.25) is 0 Å².